The van der Waals surface area contributed by atoms with Gasteiger partial charge in [-0.05, 0) is 36.8 Å². The molecule has 2 aromatic carbocycles. The van der Waals surface area contributed by atoms with Gasteiger partial charge in [-0.25, -0.2) is 4.39 Å². The number of benzene rings is 2. The van der Waals surface area contributed by atoms with E-state index in [-0.39, 0.29) is 18.3 Å². The number of likely N-dealkylation sites (N-methyl/N-ethyl adjacent to an activating group) is 1. The monoisotopic (exact) mass is 342 g/mol. The summed E-state index contributed by atoms with van der Waals surface area (Å²) in [6, 6.07) is 12.8. The fourth-order valence-electron chi connectivity index (χ4n) is 2.37. The minimum Gasteiger partial charge on any atom is -0.493 e. The number of rotatable bonds is 6. The average molecular weight is 342 g/mol. The zero-order chi connectivity index (χ0) is 18.4. The first-order chi connectivity index (χ1) is 11.9. The Bertz CT molecular complexity index is 801. The van der Waals surface area contributed by atoms with E-state index < -0.39 is 6.10 Å². The zero-order valence-electron chi connectivity index (χ0n) is 14.3. The predicted molar refractivity (Wildman–Crippen MR) is 90.7 cm³/mol. The Labute approximate surface area is 146 Å². The third-order valence-corrected chi connectivity index (χ3v) is 3.63. The van der Waals surface area contributed by atoms with Crippen molar-refractivity contribution in [3.05, 3.63) is 59.4 Å². The minimum atomic E-state index is -0.764. The molecule has 25 heavy (non-hydrogen) atoms. The molecular formula is C19H19FN2O3. The second kappa shape index (κ2) is 8.15. The molecule has 0 unspecified atom stereocenters. The molecule has 0 aromatic heterocycles. The number of nitriles is 1. The van der Waals surface area contributed by atoms with E-state index in [4.69, 9.17) is 14.7 Å². The van der Waals surface area contributed by atoms with Crippen LogP contribution in [0.2, 0.25) is 0 Å². The second-order valence-electron chi connectivity index (χ2n) is 5.56. The molecule has 0 N–H and O–H groups in total. The number of carbonyl (C=O) groups excluding carboxylic acids is 1. The Balaban J connectivity index is 2.06. The number of methoxy groups -OCH3 is 1. The summed E-state index contributed by atoms with van der Waals surface area (Å²) < 4.78 is 24.1. The van der Waals surface area contributed by atoms with Crippen LogP contribution in [0.5, 0.6) is 11.5 Å². The van der Waals surface area contributed by atoms with Gasteiger partial charge in [-0.1, -0.05) is 12.1 Å². The molecule has 6 heteroatoms. The summed E-state index contributed by atoms with van der Waals surface area (Å²) in [7, 11) is 3.09. The molecule has 0 radical (unpaired) electrons. The quantitative estimate of drug-likeness (QED) is 0.809. The molecule has 1 atom stereocenters. The largest absolute Gasteiger partial charge is 0.493 e. The lowest BCUT2D eigenvalue weighted by molar-refractivity contribution is -0.137. The highest BCUT2D eigenvalue weighted by Gasteiger charge is 2.21. The zero-order valence-corrected chi connectivity index (χ0v) is 14.3. The van der Waals surface area contributed by atoms with Crippen LogP contribution in [0.3, 0.4) is 0 Å². The molecule has 0 heterocycles. The van der Waals surface area contributed by atoms with E-state index in [2.05, 4.69) is 0 Å². The first-order valence-electron chi connectivity index (χ1n) is 7.68. The summed E-state index contributed by atoms with van der Waals surface area (Å²) >= 11 is 0. The molecular weight excluding hydrogens is 323 g/mol. The number of hydrogen-bond acceptors (Lipinski definition) is 4. The summed E-state index contributed by atoms with van der Waals surface area (Å²) in [5.41, 5.74) is 1.13. The highest BCUT2D eigenvalue weighted by Crippen LogP contribution is 2.29. The van der Waals surface area contributed by atoms with Crippen LogP contribution in [-0.2, 0) is 11.3 Å². The van der Waals surface area contributed by atoms with Gasteiger partial charge < -0.3 is 14.4 Å². The molecule has 2 rings (SSSR count). The number of nitrogens with zero attached hydrogens (tertiary/aromatic N) is 2. The van der Waals surface area contributed by atoms with Crippen molar-refractivity contribution in [3.63, 3.8) is 0 Å². The standard InChI is InChI=1S/C19H19FN2O3/c1-13(25-17-8-7-14(11-21)10-18(17)24-3)19(23)22(2)12-15-5-4-6-16(20)9-15/h4-10,13H,12H2,1-3H3/t13-/m0/s1. The lowest BCUT2D eigenvalue weighted by atomic mass is 10.2. The van der Waals surface area contributed by atoms with E-state index in [0.717, 1.165) is 0 Å². The molecule has 0 aliphatic carbocycles. The van der Waals surface area contributed by atoms with Crippen LogP contribution in [0.25, 0.3) is 0 Å². The Hall–Kier alpha value is -3.07. The van der Waals surface area contributed by atoms with Gasteiger partial charge in [0.15, 0.2) is 17.6 Å². The van der Waals surface area contributed by atoms with Crippen molar-refractivity contribution in [3.8, 4) is 17.6 Å². The lowest BCUT2D eigenvalue weighted by Gasteiger charge is -2.23. The molecule has 2 aromatic rings. The maximum absolute atomic E-state index is 13.2. The second-order valence-corrected chi connectivity index (χ2v) is 5.56. The predicted octanol–water partition coefficient (Wildman–Crippen LogP) is 3.13. The normalized spacial score (nSPS) is 11.3. The molecule has 5 nitrogen and oxygen atoms in total. The minimum absolute atomic E-state index is 0.254. The fraction of sp³-hybridized carbons (Fsp3) is 0.263. The topological polar surface area (TPSA) is 62.6 Å². The smallest absolute Gasteiger partial charge is 0.263 e. The SMILES string of the molecule is COc1cc(C#N)ccc1O[C@@H](C)C(=O)N(C)Cc1cccc(F)c1. The van der Waals surface area contributed by atoms with E-state index in [1.54, 1.807) is 44.3 Å². The maximum atomic E-state index is 13.2. The molecule has 1 amide bonds. The van der Waals surface area contributed by atoms with Gasteiger partial charge in [0.25, 0.3) is 5.91 Å². The van der Waals surface area contributed by atoms with Crippen molar-refractivity contribution in [1.29, 1.82) is 5.26 Å². The molecule has 0 spiro atoms. The Morgan fingerprint density at radius 2 is 2.04 bits per heavy atom. The van der Waals surface area contributed by atoms with Crippen LogP contribution in [0, 0.1) is 17.1 Å². The van der Waals surface area contributed by atoms with Gasteiger partial charge in [0, 0.05) is 19.7 Å². The van der Waals surface area contributed by atoms with E-state index in [0.29, 0.717) is 22.6 Å². The van der Waals surface area contributed by atoms with E-state index >= 15 is 0 Å². The highest BCUT2D eigenvalue weighted by molar-refractivity contribution is 5.80. The summed E-state index contributed by atoms with van der Waals surface area (Å²) in [4.78, 5) is 13.9. The van der Waals surface area contributed by atoms with Crippen LogP contribution in [0.1, 0.15) is 18.1 Å². The number of carbonyl (C=O) groups is 1. The Kier molecular flexibility index (Phi) is 5.96. The van der Waals surface area contributed by atoms with Crippen molar-refractivity contribution < 1.29 is 18.7 Å². The summed E-state index contributed by atoms with van der Waals surface area (Å²) in [5, 5.41) is 8.92. The summed E-state index contributed by atoms with van der Waals surface area (Å²) in [6.07, 6.45) is -0.764. The fourth-order valence-corrected chi connectivity index (χ4v) is 2.37. The van der Waals surface area contributed by atoms with Crippen LogP contribution < -0.4 is 9.47 Å². The molecule has 130 valence electrons. The average Bonchev–Trinajstić information content (AvgIpc) is 2.61. The van der Waals surface area contributed by atoms with Gasteiger partial charge in [-0.3, -0.25) is 4.79 Å². The summed E-state index contributed by atoms with van der Waals surface area (Å²) in [5.74, 6) is 0.161. The van der Waals surface area contributed by atoms with Gasteiger partial charge >= 0.3 is 0 Å². The molecule has 0 saturated carbocycles. The van der Waals surface area contributed by atoms with Crippen molar-refractivity contribution in [1.82, 2.24) is 4.90 Å². The third-order valence-electron chi connectivity index (χ3n) is 3.63. The van der Waals surface area contributed by atoms with Gasteiger partial charge in [0.05, 0.1) is 18.7 Å². The van der Waals surface area contributed by atoms with Crippen LogP contribution in [0.15, 0.2) is 42.5 Å². The van der Waals surface area contributed by atoms with Crippen molar-refractivity contribution in [2.75, 3.05) is 14.2 Å². The molecule has 0 saturated heterocycles. The van der Waals surface area contributed by atoms with Crippen molar-refractivity contribution in [2.45, 2.75) is 19.6 Å². The summed E-state index contributed by atoms with van der Waals surface area (Å²) in [6.45, 7) is 1.90. The van der Waals surface area contributed by atoms with Crippen LogP contribution >= 0.6 is 0 Å². The van der Waals surface area contributed by atoms with E-state index in [1.807, 2.05) is 6.07 Å². The highest BCUT2D eigenvalue weighted by atomic mass is 19.1. The number of ether oxygens (including phenoxy) is 2. The third kappa shape index (κ3) is 4.70. The van der Waals surface area contributed by atoms with E-state index in [9.17, 15) is 9.18 Å². The van der Waals surface area contributed by atoms with Crippen LogP contribution in [-0.4, -0.2) is 31.1 Å². The van der Waals surface area contributed by atoms with Crippen molar-refractivity contribution in [2.24, 2.45) is 0 Å². The van der Waals surface area contributed by atoms with Crippen molar-refractivity contribution >= 4 is 5.91 Å². The van der Waals surface area contributed by atoms with Gasteiger partial charge in [-0.15, -0.1) is 0 Å². The first-order valence-corrected chi connectivity index (χ1v) is 7.68. The Morgan fingerprint density at radius 3 is 2.68 bits per heavy atom. The number of halogens is 1. The van der Waals surface area contributed by atoms with Crippen LogP contribution in [0.4, 0.5) is 4.39 Å². The molecule has 0 bridgehead atoms. The number of amides is 1. The van der Waals surface area contributed by atoms with Gasteiger partial charge in [0.1, 0.15) is 5.82 Å². The maximum Gasteiger partial charge on any atom is 0.263 e. The first kappa shape index (κ1) is 18.3. The number of hydrogen-bond donors (Lipinski definition) is 0. The molecule has 0 aliphatic heterocycles. The molecule has 0 aliphatic rings. The van der Waals surface area contributed by atoms with Gasteiger partial charge in [0.2, 0.25) is 0 Å². The molecule has 0 fully saturated rings. The van der Waals surface area contributed by atoms with Gasteiger partial charge in [-0.2, -0.15) is 5.26 Å². The lowest BCUT2D eigenvalue weighted by Crippen LogP contribution is -2.37. The van der Waals surface area contributed by atoms with E-state index in [1.165, 1.54) is 24.1 Å². The Morgan fingerprint density at radius 1 is 1.28 bits per heavy atom.